The molecule has 4 nitrogen and oxygen atoms in total. The van der Waals surface area contributed by atoms with E-state index in [-0.39, 0.29) is 6.04 Å². The number of aromatic nitrogens is 1. The number of aryl methyl sites for hydroxylation is 1. The molecule has 18 heavy (non-hydrogen) atoms. The highest BCUT2D eigenvalue weighted by Gasteiger charge is 2.08. The molecule has 0 aliphatic carbocycles. The Balaban J connectivity index is 1.99. The van der Waals surface area contributed by atoms with Gasteiger partial charge in [-0.15, -0.1) is 0 Å². The number of hydrogen-bond acceptors (Lipinski definition) is 4. The van der Waals surface area contributed by atoms with Gasteiger partial charge in [-0.25, -0.2) is 0 Å². The lowest BCUT2D eigenvalue weighted by molar-refractivity contribution is 0.410. The van der Waals surface area contributed by atoms with Crippen LogP contribution in [0.15, 0.2) is 34.9 Å². The number of rotatable bonds is 5. The molecular formula is C14H18N2O2. The lowest BCUT2D eigenvalue weighted by Crippen LogP contribution is -2.18. The number of pyridine rings is 1. The Bertz CT molecular complexity index is 495. The van der Waals surface area contributed by atoms with E-state index in [9.17, 15) is 0 Å². The molecule has 0 unspecified atom stereocenters. The van der Waals surface area contributed by atoms with Crippen molar-refractivity contribution in [2.75, 3.05) is 7.11 Å². The fourth-order valence-electron chi connectivity index (χ4n) is 1.81. The normalized spacial score (nSPS) is 12.4. The Kier molecular flexibility index (Phi) is 3.99. The summed E-state index contributed by atoms with van der Waals surface area (Å²) in [6, 6.07) is 7.87. The smallest absolute Gasteiger partial charge is 0.122 e. The van der Waals surface area contributed by atoms with Crippen LogP contribution < -0.4 is 10.1 Å². The van der Waals surface area contributed by atoms with Gasteiger partial charge in [0.05, 0.1) is 25.1 Å². The second-order valence-corrected chi connectivity index (χ2v) is 4.26. The predicted molar refractivity (Wildman–Crippen MR) is 69.5 cm³/mol. The summed E-state index contributed by atoms with van der Waals surface area (Å²) in [4.78, 5) is 4.46. The molecule has 1 N–H and O–H groups in total. The number of nitrogens with one attached hydrogen (secondary N) is 1. The summed E-state index contributed by atoms with van der Waals surface area (Å²) in [6.07, 6.45) is 1.68. The molecular weight excluding hydrogens is 228 g/mol. The molecule has 0 amide bonds. The van der Waals surface area contributed by atoms with Crippen molar-refractivity contribution >= 4 is 0 Å². The van der Waals surface area contributed by atoms with Crippen LogP contribution in [0, 0.1) is 6.92 Å². The molecule has 0 saturated heterocycles. The van der Waals surface area contributed by atoms with Crippen molar-refractivity contribution in [2.45, 2.75) is 26.4 Å². The Morgan fingerprint density at radius 3 is 2.94 bits per heavy atom. The molecule has 0 aliphatic heterocycles. The third kappa shape index (κ3) is 3.11. The van der Waals surface area contributed by atoms with Crippen molar-refractivity contribution in [3.8, 4) is 5.75 Å². The summed E-state index contributed by atoms with van der Waals surface area (Å²) >= 11 is 0. The van der Waals surface area contributed by atoms with Gasteiger partial charge in [-0.1, -0.05) is 0 Å². The molecule has 2 heterocycles. The summed E-state index contributed by atoms with van der Waals surface area (Å²) < 4.78 is 10.6. The zero-order chi connectivity index (χ0) is 13.0. The maximum absolute atomic E-state index is 5.34. The van der Waals surface area contributed by atoms with Crippen LogP contribution in [0.25, 0.3) is 0 Å². The number of methoxy groups -OCH3 is 1. The van der Waals surface area contributed by atoms with Crippen molar-refractivity contribution in [1.29, 1.82) is 0 Å². The van der Waals surface area contributed by atoms with Gasteiger partial charge in [0.1, 0.15) is 11.5 Å². The van der Waals surface area contributed by atoms with Crippen molar-refractivity contribution < 1.29 is 9.15 Å². The van der Waals surface area contributed by atoms with E-state index >= 15 is 0 Å². The first-order valence-corrected chi connectivity index (χ1v) is 5.97. The van der Waals surface area contributed by atoms with Crippen molar-refractivity contribution in [3.05, 3.63) is 47.7 Å². The molecule has 0 aliphatic rings. The minimum atomic E-state index is 0.160. The molecule has 4 heteroatoms. The molecule has 0 bridgehead atoms. The monoisotopic (exact) mass is 246 g/mol. The molecule has 2 aromatic heterocycles. The Morgan fingerprint density at radius 1 is 1.44 bits per heavy atom. The number of ether oxygens (including phenoxy) is 1. The Morgan fingerprint density at radius 2 is 2.28 bits per heavy atom. The minimum Gasteiger partial charge on any atom is -0.497 e. The fourth-order valence-corrected chi connectivity index (χ4v) is 1.81. The summed E-state index contributed by atoms with van der Waals surface area (Å²) in [5, 5.41) is 3.37. The van der Waals surface area contributed by atoms with Crippen LogP contribution in [0.1, 0.15) is 30.1 Å². The summed E-state index contributed by atoms with van der Waals surface area (Å²) in [5.74, 6) is 1.76. The van der Waals surface area contributed by atoms with Gasteiger partial charge in [-0.05, 0) is 26.0 Å². The first-order chi connectivity index (χ1) is 8.69. The lowest BCUT2D eigenvalue weighted by atomic mass is 10.2. The summed E-state index contributed by atoms with van der Waals surface area (Å²) in [5.41, 5.74) is 1.92. The maximum Gasteiger partial charge on any atom is 0.122 e. The lowest BCUT2D eigenvalue weighted by Gasteiger charge is -2.12. The van der Waals surface area contributed by atoms with Crippen LogP contribution in [0.3, 0.4) is 0 Å². The standard InChI is InChI=1S/C14H18N2O2/c1-10-7-13(17-3)8-12(16-10)9-15-11(2)14-5-4-6-18-14/h4-8,11,15H,9H2,1-3H3/t11-/m0/s1. The summed E-state index contributed by atoms with van der Waals surface area (Å²) in [7, 11) is 1.66. The first kappa shape index (κ1) is 12.6. The van der Waals surface area contributed by atoms with E-state index < -0.39 is 0 Å². The molecule has 2 aromatic rings. The van der Waals surface area contributed by atoms with Gasteiger partial charge in [-0.2, -0.15) is 0 Å². The quantitative estimate of drug-likeness (QED) is 0.881. The molecule has 2 rings (SSSR count). The number of nitrogens with zero attached hydrogens (tertiary/aromatic N) is 1. The number of hydrogen-bond donors (Lipinski definition) is 1. The highest BCUT2D eigenvalue weighted by atomic mass is 16.5. The third-order valence-corrected chi connectivity index (χ3v) is 2.78. The van der Waals surface area contributed by atoms with Crippen LogP contribution >= 0.6 is 0 Å². The summed E-state index contributed by atoms with van der Waals surface area (Å²) in [6.45, 7) is 4.70. The topological polar surface area (TPSA) is 47.3 Å². The van der Waals surface area contributed by atoms with Crippen molar-refractivity contribution in [1.82, 2.24) is 10.3 Å². The SMILES string of the molecule is COc1cc(C)nc(CN[C@@H](C)c2ccco2)c1. The maximum atomic E-state index is 5.34. The van der Waals surface area contributed by atoms with Crippen LogP contribution in [-0.2, 0) is 6.54 Å². The van der Waals surface area contributed by atoms with Gasteiger partial charge in [-0.3, -0.25) is 4.98 Å². The van der Waals surface area contributed by atoms with Gasteiger partial charge in [0.15, 0.2) is 0 Å². The third-order valence-electron chi connectivity index (χ3n) is 2.78. The zero-order valence-electron chi connectivity index (χ0n) is 10.9. The Hall–Kier alpha value is -1.81. The molecule has 0 saturated carbocycles. The fraction of sp³-hybridized carbons (Fsp3) is 0.357. The van der Waals surface area contributed by atoms with Gasteiger partial charge in [0.2, 0.25) is 0 Å². The van der Waals surface area contributed by atoms with E-state index in [4.69, 9.17) is 9.15 Å². The van der Waals surface area contributed by atoms with Gasteiger partial charge >= 0.3 is 0 Å². The van der Waals surface area contributed by atoms with E-state index in [1.165, 1.54) is 0 Å². The van der Waals surface area contributed by atoms with Crippen LogP contribution in [-0.4, -0.2) is 12.1 Å². The second kappa shape index (κ2) is 5.69. The van der Waals surface area contributed by atoms with Crippen molar-refractivity contribution in [2.24, 2.45) is 0 Å². The van der Waals surface area contributed by atoms with Crippen LogP contribution in [0.5, 0.6) is 5.75 Å². The average Bonchev–Trinajstić information content (AvgIpc) is 2.89. The van der Waals surface area contributed by atoms with E-state index in [1.807, 2.05) is 31.2 Å². The van der Waals surface area contributed by atoms with E-state index in [0.717, 1.165) is 22.9 Å². The highest BCUT2D eigenvalue weighted by molar-refractivity contribution is 5.26. The van der Waals surface area contributed by atoms with E-state index in [0.29, 0.717) is 6.54 Å². The zero-order valence-corrected chi connectivity index (χ0v) is 10.9. The predicted octanol–water partition coefficient (Wildman–Crippen LogP) is 2.84. The number of furan rings is 1. The second-order valence-electron chi connectivity index (χ2n) is 4.26. The van der Waals surface area contributed by atoms with Gasteiger partial charge in [0.25, 0.3) is 0 Å². The molecule has 0 radical (unpaired) electrons. The Labute approximate surface area is 107 Å². The largest absolute Gasteiger partial charge is 0.497 e. The first-order valence-electron chi connectivity index (χ1n) is 5.97. The van der Waals surface area contributed by atoms with Crippen LogP contribution in [0.2, 0.25) is 0 Å². The van der Waals surface area contributed by atoms with E-state index in [1.54, 1.807) is 13.4 Å². The van der Waals surface area contributed by atoms with Crippen molar-refractivity contribution in [3.63, 3.8) is 0 Å². The molecule has 0 aromatic carbocycles. The van der Waals surface area contributed by atoms with Crippen LogP contribution in [0.4, 0.5) is 0 Å². The minimum absolute atomic E-state index is 0.160. The van der Waals surface area contributed by atoms with Gasteiger partial charge < -0.3 is 14.5 Å². The van der Waals surface area contributed by atoms with E-state index in [2.05, 4.69) is 17.2 Å². The van der Waals surface area contributed by atoms with Gasteiger partial charge in [0, 0.05) is 24.4 Å². The molecule has 96 valence electrons. The molecule has 0 fully saturated rings. The molecule has 0 spiro atoms. The average molecular weight is 246 g/mol. The molecule has 1 atom stereocenters. The highest BCUT2D eigenvalue weighted by Crippen LogP contribution is 2.16.